The quantitative estimate of drug-likeness (QED) is 0.698. The molecule has 0 fully saturated rings. The molecule has 0 aliphatic heterocycles. The Labute approximate surface area is 149 Å². The number of carbonyl (C=O) groups excluding carboxylic acids is 1. The summed E-state index contributed by atoms with van der Waals surface area (Å²) in [6, 6.07) is 8.58. The molecule has 0 radical (unpaired) electrons. The molecule has 2 aromatic rings. The van der Waals surface area contributed by atoms with Gasteiger partial charge in [-0.15, -0.1) is 11.3 Å². The van der Waals surface area contributed by atoms with Crippen molar-refractivity contribution in [2.45, 2.75) is 13.0 Å². The van der Waals surface area contributed by atoms with Crippen molar-refractivity contribution < 1.29 is 9.18 Å². The maximum atomic E-state index is 13.6. The molecule has 0 aliphatic rings. The van der Waals surface area contributed by atoms with Gasteiger partial charge in [-0.05, 0) is 58.2 Å². The van der Waals surface area contributed by atoms with Gasteiger partial charge in [0.05, 0.1) is 10.3 Å². The van der Waals surface area contributed by atoms with Gasteiger partial charge in [0.15, 0.2) is 0 Å². The number of hydrogen-bond donors (Lipinski definition) is 1. The molecule has 0 bridgehead atoms. The molecule has 1 N–H and O–H groups in total. The van der Waals surface area contributed by atoms with Gasteiger partial charge in [0.1, 0.15) is 5.82 Å². The molecule has 2 amide bonds. The number of halogens is 3. The topological polar surface area (TPSA) is 32.3 Å². The summed E-state index contributed by atoms with van der Waals surface area (Å²) in [6.45, 7) is 0.942. The van der Waals surface area contributed by atoms with Crippen molar-refractivity contribution in [2.24, 2.45) is 0 Å². The molecule has 7 heteroatoms. The summed E-state index contributed by atoms with van der Waals surface area (Å²) in [5, 5.41) is 2.80. The highest BCUT2D eigenvalue weighted by atomic mass is 79.9. The second-order valence-electron chi connectivity index (χ2n) is 4.78. The van der Waals surface area contributed by atoms with Gasteiger partial charge >= 0.3 is 6.03 Å². The van der Waals surface area contributed by atoms with Crippen LogP contribution in [0.1, 0.15) is 10.4 Å². The number of urea groups is 1. The van der Waals surface area contributed by atoms with Crippen LogP contribution in [0.15, 0.2) is 38.6 Å². The lowest BCUT2D eigenvalue weighted by atomic mass is 10.1. The van der Waals surface area contributed by atoms with Crippen LogP contribution < -0.4 is 5.32 Å². The molecule has 2 rings (SSSR count). The van der Waals surface area contributed by atoms with Gasteiger partial charge in [0.25, 0.3) is 0 Å². The van der Waals surface area contributed by atoms with Crippen LogP contribution in [0.3, 0.4) is 0 Å². The van der Waals surface area contributed by atoms with Gasteiger partial charge in [0, 0.05) is 22.9 Å². The largest absolute Gasteiger partial charge is 0.338 e. The Kier molecular flexibility index (Phi) is 6.40. The molecular formula is C15H15Br2FN2OS. The molecule has 118 valence electrons. The lowest BCUT2D eigenvalue weighted by Gasteiger charge is -2.17. The predicted molar refractivity (Wildman–Crippen MR) is 94.7 cm³/mol. The molecule has 0 spiro atoms. The third kappa shape index (κ3) is 5.07. The third-order valence-corrected chi connectivity index (χ3v) is 5.15. The van der Waals surface area contributed by atoms with E-state index in [1.165, 1.54) is 6.07 Å². The number of amides is 2. The lowest BCUT2D eigenvalue weighted by molar-refractivity contribution is 0.207. The smallest absolute Gasteiger partial charge is 0.317 e. The molecule has 1 aromatic heterocycles. The summed E-state index contributed by atoms with van der Waals surface area (Å²) in [7, 11) is 1.74. The van der Waals surface area contributed by atoms with E-state index in [0.717, 1.165) is 13.1 Å². The Bertz CT molecular complexity index is 663. The van der Waals surface area contributed by atoms with E-state index in [2.05, 4.69) is 37.2 Å². The van der Waals surface area contributed by atoms with E-state index in [1.807, 2.05) is 12.1 Å². The van der Waals surface area contributed by atoms with E-state index in [4.69, 9.17) is 0 Å². The minimum absolute atomic E-state index is 0.167. The minimum atomic E-state index is -0.255. The van der Waals surface area contributed by atoms with Crippen LogP contribution in [-0.4, -0.2) is 24.5 Å². The van der Waals surface area contributed by atoms with Crippen LogP contribution in [-0.2, 0) is 13.0 Å². The molecule has 1 aromatic carbocycles. The summed E-state index contributed by atoms with van der Waals surface area (Å²) < 4.78 is 15.5. The Balaban J connectivity index is 1.80. The van der Waals surface area contributed by atoms with Crippen molar-refractivity contribution in [3.63, 3.8) is 0 Å². The predicted octanol–water partition coefficient (Wildman–Crippen LogP) is 4.80. The molecule has 0 saturated heterocycles. The van der Waals surface area contributed by atoms with E-state index in [9.17, 15) is 9.18 Å². The number of carbonyl (C=O) groups is 1. The molecule has 1 heterocycles. The molecule has 3 nitrogen and oxygen atoms in total. The number of hydrogen-bond acceptors (Lipinski definition) is 2. The standard InChI is InChI=1S/C15H15Br2FN2OS/c1-20(9-12-3-5-14(17)22-12)15(21)19-7-6-10-8-11(16)2-4-13(10)18/h2-5,8H,6-7,9H2,1H3,(H,19,21). The van der Waals surface area contributed by atoms with Crippen LogP contribution in [0.25, 0.3) is 0 Å². The SMILES string of the molecule is CN(Cc1ccc(Br)s1)C(=O)NCCc1cc(Br)ccc1F. The fourth-order valence-corrected chi connectivity index (χ4v) is 3.86. The van der Waals surface area contributed by atoms with E-state index in [1.54, 1.807) is 35.4 Å². The Morgan fingerprint density at radius 2 is 2.09 bits per heavy atom. The zero-order valence-electron chi connectivity index (χ0n) is 11.9. The normalized spacial score (nSPS) is 10.5. The molecule has 0 aliphatic carbocycles. The van der Waals surface area contributed by atoms with Crippen molar-refractivity contribution in [1.29, 1.82) is 0 Å². The highest BCUT2D eigenvalue weighted by molar-refractivity contribution is 9.11. The van der Waals surface area contributed by atoms with Gasteiger partial charge in [-0.1, -0.05) is 15.9 Å². The van der Waals surface area contributed by atoms with Crippen LogP contribution in [0.4, 0.5) is 9.18 Å². The number of thiophene rings is 1. The molecule has 0 saturated carbocycles. The first-order valence-electron chi connectivity index (χ1n) is 6.63. The van der Waals surface area contributed by atoms with Gasteiger partial charge in [-0.3, -0.25) is 0 Å². The summed E-state index contributed by atoms with van der Waals surface area (Å²) in [6.07, 6.45) is 0.454. The second-order valence-corrected chi connectivity index (χ2v) is 8.24. The highest BCUT2D eigenvalue weighted by Crippen LogP contribution is 2.23. The fourth-order valence-electron chi connectivity index (χ4n) is 1.92. The highest BCUT2D eigenvalue weighted by Gasteiger charge is 2.10. The van der Waals surface area contributed by atoms with E-state index in [-0.39, 0.29) is 11.8 Å². The number of nitrogens with one attached hydrogen (secondary N) is 1. The molecule has 0 unspecified atom stereocenters. The van der Waals surface area contributed by atoms with Crippen LogP contribution in [0, 0.1) is 5.82 Å². The third-order valence-electron chi connectivity index (χ3n) is 3.05. The lowest BCUT2D eigenvalue weighted by Crippen LogP contribution is -2.37. The van der Waals surface area contributed by atoms with Gasteiger partial charge in [-0.2, -0.15) is 0 Å². The Hall–Kier alpha value is -0.920. The molecular weight excluding hydrogens is 435 g/mol. The average Bonchev–Trinajstić information content (AvgIpc) is 2.87. The first-order valence-corrected chi connectivity index (χ1v) is 9.03. The summed E-state index contributed by atoms with van der Waals surface area (Å²) in [5.74, 6) is -0.255. The van der Waals surface area contributed by atoms with Crippen LogP contribution in [0.5, 0.6) is 0 Å². The average molecular weight is 450 g/mol. The van der Waals surface area contributed by atoms with Crippen molar-refractivity contribution in [3.05, 3.63) is 54.8 Å². The van der Waals surface area contributed by atoms with Crippen LogP contribution >= 0.6 is 43.2 Å². The maximum absolute atomic E-state index is 13.6. The van der Waals surface area contributed by atoms with E-state index < -0.39 is 0 Å². The first-order chi connectivity index (χ1) is 10.5. The molecule has 22 heavy (non-hydrogen) atoms. The zero-order valence-corrected chi connectivity index (χ0v) is 15.9. The fraction of sp³-hybridized carbons (Fsp3) is 0.267. The van der Waals surface area contributed by atoms with Crippen molar-refractivity contribution in [3.8, 4) is 0 Å². The van der Waals surface area contributed by atoms with E-state index in [0.29, 0.717) is 25.1 Å². The zero-order chi connectivity index (χ0) is 16.1. The van der Waals surface area contributed by atoms with Gasteiger partial charge in [0.2, 0.25) is 0 Å². The Morgan fingerprint density at radius 1 is 1.32 bits per heavy atom. The monoisotopic (exact) mass is 448 g/mol. The number of rotatable bonds is 5. The number of nitrogens with zero attached hydrogens (tertiary/aromatic N) is 1. The van der Waals surface area contributed by atoms with Crippen LogP contribution in [0.2, 0.25) is 0 Å². The summed E-state index contributed by atoms with van der Waals surface area (Å²) >= 11 is 8.31. The van der Waals surface area contributed by atoms with Gasteiger partial charge in [-0.25, -0.2) is 9.18 Å². The van der Waals surface area contributed by atoms with Crippen molar-refractivity contribution in [2.75, 3.05) is 13.6 Å². The second kappa shape index (κ2) is 8.08. The van der Waals surface area contributed by atoms with Gasteiger partial charge < -0.3 is 10.2 Å². The first kappa shape index (κ1) is 17.4. The summed E-state index contributed by atoms with van der Waals surface area (Å²) in [4.78, 5) is 14.7. The van der Waals surface area contributed by atoms with Crippen molar-refractivity contribution >= 4 is 49.2 Å². The minimum Gasteiger partial charge on any atom is -0.338 e. The number of benzene rings is 1. The summed E-state index contributed by atoms with van der Waals surface area (Å²) in [5.41, 5.74) is 0.583. The van der Waals surface area contributed by atoms with Crippen molar-refractivity contribution in [1.82, 2.24) is 10.2 Å². The maximum Gasteiger partial charge on any atom is 0.317 e. The molecule has 0 atom stereocenters. The Morgan fingerprint density at radius 3 is 2.77 bits per heavy atom. The van der Waals surface area contributed by atoms with E-state index >= 15 is 0 Å².